The average Bonchev–Trinajstić information content (AvgIpc) is 3.19. The Morgan fingerprint density at radius 2 is 1.79 bits per heavy atom. The first-order valence-electron chi connectivity index (χ1n) is 11.7. The zero-order chi connectivity index (χ0) is 23.9. The molecule has 0 aliphatic rings. The Morgan fingerprint density at radius 3 is 2.62 bits per heavy atom. The summed E-state index contributed by atoms with van der Waals surface area (Å²) in [6, 6.07) is 21.3. The largest absolute Gasteiger partial charge is 0.493 e. The van der Waals surface area contributed by atoms with Crippen LogP contribution in [0.15, 0.2) is 66.7 Å². The van der Waals surface area contributed by atoms with Crippen LogP contribution in [0.5, 0.6) is 5.75 Å². The van der Waals surface area contributed by atoms with E-state index < -0.39 is 0 Å². The van der Waals surface area contributed by atoms with E-state index in [9.17, 15) is 4.79 Å². The first-order chi connectivity index (χ1) is 16.5. The molecule has 176 valence electrons. The van der Waals surface area contributed by atoms with Gasteiger partial charge in [0, 0.05) is 30.1 Å². The molecule has 0 spiro atoms. The number of carbonyl (C=O) groups is 1. The van der Waals surface area contributed by atoms with Crippen LogP contribution in [-0.4, -0.2) is 28.6 Å². The summed E-state index contributed by atoms with van der Waals surface area (Å²) in [5.74, 6) is 1.90. The smallest absolute Gasteiger partial charge is 0.251 e. The minimum absolute atomic E-state index is 0.0891. The second-order valence-corrected chi connectivity index (χ2v) is 8.87. The van der Waals surface area contributed by atoms with Gasteiger partial charge in [0.15, 0.2) is 0 Å². The van der Waals surface area contributed by atoms with Crippen LogP contribution in [0.25, 0.3) is 11.0 Å². The van der Waals surface area contributed by atoms with Crippen LogP contribution in [0.4, 0.5) is 0 Å². The SMILES string of the molecule is Cc1cccc(OCCCn2c(CCCNC(=O)c3ccc(Cl)cc3)nc3ccccc32)c1C. The maximum absolute atomic E-state index is 12.3. The van der Waals surface area contributed by atoms with Crippen LogP contribution in [0, 0.1) is 13.8 Å². The average molecular weight is 476 g/mol. The van der Waals surface area contributed by atoms with Crippen molar-refractivity contribution in [1.29, 1.82) is 0 Å². The number of hydrogen-bond donors (Lipinski definition) is 1. The van der Waals surface area contributed by atoms with Crippen molar-refractivity contribution in [3.8, 4) is 5.75 Å². The number of hydrogen-bond acceptors (Lipinski definition) is 3. The van der Waals surface area contributed by atoms with Gasteiger partial charge >= 0.3 is 0 Å². The Morgan fingerprint density at radius 1 is 1.00 bits per heavy atom. The normalized spacial score (nSPS) is 11.0. The van der Waals surface area contributed by atoms with Crippen LogP contribution in [-0.2, 0) is 13.0 Å². The van der Waals surface area contributed by atoms with Crippen molar-refractivity contribution >= 4 is 28.5 Å². The molecule has 0 saturated carbocycles. The summed E-state index contributed by atoms with van der Waals surface area (Å²) in [6.07, 6.45) is 2.48. The number of imidazole rings is 1. The number of carbonyl (C=O) groups excluding carboxylic acids is 1. The maximum Gasteiger partial charge on any atom is 0.251 e. The summed E-state index contributed by atoms with van der Waals surface area (Å²) in [5.41, 5.74) is 5.17. The summed E-state index contributed by atoms with van der Waals surface area (Å²) >= 11 is 5.90. The number of para-hydroxylation sites is 2. The van der Waals surface area contributed by atoms with Gasteiger partial charge in [0.05, 0.1) is 17.6 Å². The van der Waals surface area contributed by atoms with E-state index in [1.165, 1.54) is 11.1 Å². The van der Waals surface area contributed by atoms with Crippen LogP contribution < -0.4 is 10.1 Å². The lowest BCUT2D eigenvalue weighted by Crippen LogP contribution is -2.25. The van der Waals surface area contributed by atoms with Crippen molar-refractivity contribution in [3.63, 3.8) is 0 Å². The summed E-state index contributed by atoms with van der Waals surface area (Å²) < 4.78 is 8.33. The Labute approximate surface area is 205 Å². The molecule has 1 aromatic heterocycles. The fraction of sp³-hybridized carbons (Fsp3) is 0.286. The molecule has 0 bridgehead atoms. The topological polar surface area (TPSA) is 56.1 Å². The molecule has 0 aliphatic heterocycles. The summed E-state index contributed by atoms with van der Waals surface area (Å²) in [7, 11) is 0. The molecule has 1 N–H and O–H groups in total. The zero-order valence-corrected chi connectivity index (χ0v) is 20.4. The molecule has 0 aliphatic carbocycles. The van der Waals surface area contributed by atoms with Crippen LogP contribution >= 0.6 is 11.6 Å². The van der Waals surface area contributed by atoms with Gasteiger partial charge in [-0.25, -0.2) is 4.98 Å². The molecule has 3 aromatic carbocycles. The molecule has 0 saturated heterocycles. The molecule has 0 fully saturated rings. The fourth-order valence-electron chi connectivity index (χ4n) is 4.00. The number of nitrogens with zero attached hydrogens (tertiary/aromatic N) is 2. The lowest BCUT2D eigenvalue weighted by Gasteiger charge is -2.13. The van der Waals surface area contributed by atoms with Gasteiger partial charge in [-0.05, 0) is 80.3 Å². The van der Waals surface area contributed by atoms with Gasteiger partial charge in [0.25, 0.3) is 5.91 Å². The minimum Gasteiger partial charge on any atom is -0.493 e. The standard InChI is InChI=1S/C28H30ClN3O2/c1-20-8-5-11-26(21(20)2)34-19-7-18-32-25-10-4-3-9-24(25)31-27(32)12-6-17-30-28(33)22-13-15-23(29)16-14-22/h3-5,8-11,13-16H,6-7,12,17-19H2,1-2H3,(H,30,33). The van der Waals surface area contributed by atoms with E-state index in [0.717, 1.165) is 48.4 Å². The van der Waals surface area contributed by atoms with E-state index in [1.54, 1.807) is 24.3 Å². The number of nitrogens with one attached hydrogen (secondary N) is 1. The second-order valence-electron chi connectivity index (χ2n) is 8.43. The minimum atomic E-state index is -0.0891. The lowest BCUT2D eigenvalue weighted by molar-refractivity contribution is 0.0953. The number of amides is 1. The van der Waals surface area contributed by atoms with Gasteiger partial charge in [0.1, 0.15) is 11.6 Å². The highest BCUT2D eigenvalue weighted by Gasteiger charge is 2.11. The quantitative estimate of drug-likeness (QED) is 0.280. The van der Waals surface area contributed by atoms with E-state index in [-0.39, 0.29) is 5.91 Å². The van der Waals surface area contributed by atoms with E-state index in [4.69, 9.17) is 21.3 Å². The molecule has 5 nitrogen and oxygen atoms in total. The van der Waals surface area contributed by atoms with Gasteiger partial charge in [-0.2, -0.15) is 0 Å². The number of aromatic nitrogens is 2. The van der Waals surface area contributed by atoms with E-state index in [2.05, 4.69) is 35.9 Å². The van der Waals surface area contributed by atoms with Gasteiger partial charge in [-0.1, -0.05) is 35.9 Å². The number of rotatable bonds is 10. The van der Waals surface area contributed by atoms with Crippen molar-refractivity contribution in [1.82, 2.24) is 14.9 Å². The Kier molecular flexibility index (Phi) is 7.86. The summed E-state index contributed by atoms with van der Waals surface area (Å²) in [5, 5.41) is 3.60. The van der Waals surface area contributed by atoms with E-state index in [1.807, 2.05) is 30.3 Å². The highest BCUT2D eigenvalue weighted by molar-refractivity contribution is 6.30. The molecule has 4 aromatic rings. The summed E-state index contributed by atoms with van der Waals surface area (Å²) in [4.78, 5) is 17.2. The van der Waals surface area contributed by atoms with Gasteiger partial charge in [-0.15, -0.1) is 0 Å². The number of ether oxygens (including phenoxy) is 1. The Bertz CT molecular complexity index is 1260. The van der Waals surface area contributed by atoms with Crippen molar-refractivity contribution in [2.45, 2.75) is 39.7 Å². The highest BCUT2D eigenvalue weighted by Crippen LogP contribution is 2.21. The molecule has 0 radical (unpaired) electrons. The predicted molar refractivity (Wildman–Crippen MR) is 138 cm³/mol. The third kappa shape index (κ3) is 5.78. The lowest BCUT2D eigenvalue weighted by atomic mass is 10.1. The van der Waals surface area contributed by atoms with Crippen molar-refractivity contribution < 1.29 is 9.53 Å². The van der Waals surface area contributed by atoms with Gasteiger partial charge in [0.2, 0.25) is 0 Å². The number of halogens is 1. The molecule has 34 heavy (non-hydrogen) atoms. The highest BCUT2D eigenvalue weighted by atomic mass is 35.5. The molecule has 6 heteroatoms. The molecular weight excluding hydrogens is 446 g/mol. The Hall–Kier alpha value is -3.31. The zero-order valence-electron chi connectivity index (χ0n) is 19.7. The number of aryl methyl sites for hydroxylation is 3. The van der Waals surface area contributed by atoms with Crippen molar-refractivity contribution in [3.05, 3.63) is 94.3 Å². The first-order valence-corrected chi connectivity index (χ1v) is 12.1. The van der Waals surface area contributed by atoms with Gasteiger partial charge in [-0.3, -0.25) is 4.79 Å². The predicted octanol–water partition coefficient (Wildman–Crippen LogP) is 6.14. The van der Waals surface area contributed by atoms with Crippen molar-refractivity contribution in [2.75, 3.05) is 13.2 Å². The number of benzene rings is 3. The number of fused-ring (bicyclic) bond motifs is 1. The van der Waals surface area contributed by atoms with Gasteiger partial charge < -0.3 is 14.6 Å². The van der Waals surface area contributed by atoms with E-state index >= 15 is 0 Å². The first kappa shape index (κ1) is 23.8. The van der Waals surface area contributed by atoms with Crippen LogP contribution in [0.1, 0.15) is 40.2 Å². The molecular formula is C28H30ClN3O2. The van der Waals surface area contributed by atoms with E-state index in [0.29, 0.717) is 23.7 Å². The molecule has 0 atom stereocenters. The fourth-order valence-corrected chi connectivity index (χ4v) is 4.13. The van der Waals surface area contributed by atoms with Crippen LogP contribution in [0.2, 0.25) is 5.02 Å². The summed E-state index contributed by atoms with van der Waals surface area (Å²) in [6.45, 7) is 6.26. The maximum atomic E-state index is 12.3. The van der Waals surface area contributed by atoms with Crippen molar-refractivity contribution in [2.24, 2.45) is 0 Å². The molecule has 1 amide bonds. The Balaban J connectivity index is 1.33. The molecule has 0 unspecified atom stereocenters. The second kappa shape index (κ2) is 11.2. The monoisotopic (exact) mass is 475 g/mol. The third-order valence-corrected chi connectivity index (χ3v) is 6.29. The van der Waals surface area contributed by atoms with Crippen LogP contribution in [0.3, 0.4) is 0 Å². The third-order valence-electron chi connectivity index (χ3n) is 6.04. The molecule has 4 rings (SSSR count). The molecule has 1 heterocycles.